The van der Waals surface area contributed by atoms with Gasteiger partial charge in [0, 0.05) is 41.3 Å². The Kier molecular flexibility index (Phi) is 6.13. The van der Waals surface area contributed by atoms with Crippen molar-refractivity contribution in [2.45, 2.75) is 45.1 Å². The molecule has 36 heavy (non-hydrogen) atoms. The fourth-order valence-corrected chi connectivity index (χ4v) is 6.10. The number of anilines is 1. The van der Waals surface area contributed by atoms with Crippen LogP contribution in [0.2, 0.25) is 0 Å². The molecule has 0 radical (unpaired) electrons. The van der Waals surface area contributed by atoms with Crippen molar-refractivity contribution in [3.8, 4) is 11.1 Å². The van der Waals surface area contributed by atoms with Crippen LogP contribution >= 0.6 is 11.3 Å². The van der Waals surface area contributed by atoms with Gasteiger partial charge in [-0.25, -0.2) is 4.98 Å². The highest BCUT2D eigenvalue weighted by Gasteiger charge is 2.30. The summed E-state index contributed by atoms with van der Waals surface area (Å²) in [6.45, 7) is 2.76. The average Bonchev–Trinajstić information content (AvgIpc) is 3.63. The Labute approximate surface area is 213 Å². The van der Waals surface area contributed by atoms with Crippen molar-refractivity contribution in [1.82, 2.24) is 20.2 Å². The van der Waals surface area contributed by atoms with Crippen molar-refractivity contribution < 1.29 is 4.79 Å². The quantitative estimate of drug-likeness (QED) is 0.359. The molecule has 8 heteroatoms. The molecule has 7 nitrogen and oxygen atoms in total. The zero-order valence-corrected chi connectivity index (χ0v) is 20.6. The molecule has 0 aliphatic carbocycles. The fraction of sp³-hybridized carbons (Fsp3) is 0.250. The van der Waals surface area contributed by atoms with E-state index in [1.54, 1.807) is 22.1 Å². The van der Waals surface area contributed by atoms with Crippen LogP contribution < -0.4 is 21.5 Å². The first-order valence-electron chi connectivity index (χ1n) is 12.2. The van der Waals surface area contributed by atoms with Crippen molar-refractivity contribution >= 4 is 23.1 Å². The van der Waals surface area contributed by atoms with Gasteiger partial charge >= 0.3 is 0 Å². The van der Waals surface area contributed by atoms with E-state index in [0.29, 0.717) is 25.9 Å². The Morgan fingerprint density at radius 1 is 1.06 bits per heavy atom. The molecule has 6 rings (SSSR count). The highest BCUT2D eigenvalue weighted by Crippen LogP contribution is 2.27. The number of nitrogens with zero attached hydrogens (tertiary/aromatic N) is 2. The zero-order valence-electron chi connectivity index (χ0n) is 19.8. The lowest BCUT2D eigenvalue weighted by Crippen LogP contribution is -2.36. The van der Waals surface area contributed by atoms with E-state index < -0.39 is 6.04 Å². The Morgan fingerprint density at radius 3 is 2.78 bits per heavy atom. The van der Waals surface area contributed by atoms with Crippen molar-refractivity contribution in [2.24, 2.45) is 0 Å². The third kappa shape index (κ3) is 4.45. The zero-order chi connectivity index (χ0) is 24.5. The monoisotopic (exact) mass is 497 g/mol. The van der Waals surface area contributed by atoms with E-state index in [2.05, 4.69) is 51.3 Å². The Bertz CT molecular complexity index is 1460. The molecule has 0 unspecified atom stereocenters. The predicted octanol–water partition coefficient (Wildman–Crippen LogP) is 3.99. The van der Waals surface area contributed by atoms with Gasteiger partial charge in [-0.3, -0.25) is 14.2 Å². The lowest BCUT2D eigenvalue weighted by atomic mass is 10.0. The molecular formula is C28H27N5O2S. The molecule has 0 spiro atoms. The van der Waals surface area contributed by atoms with Crippen LogP contribution in [0.4, 0.5) is 5.82 Å². The molecule has 0 saturated carbocycles. The number of aryl methyl sites for hydroxylation is 1. The number of amides is 1. The molecule has 0 saturated heterocycles. The number of hydrogen-bond acceptors (Lipinski definition) is 6. The second-order valence-electron chi connectivity index (χ2n) is 9.23. The van der Waals surface area contributed by atoms with Gasteiger partial charge in [0.15, 0.2) is 5.82 Å². The van der Waals surface area contributed by atoms with E-state index in [9.17, 15) is 9.59 Å². The van der Waals surface area contributed by atoms with Gasteiger partial charge in [-0.05, 0) is 47.2 Å². The van der Waals surface area contributed by atoms with Gasteiger partial charge in [0.2, 0.25) is 5.91 Å². The minimum absolute atomic E-state index is 0.116. The molecule has 2 aromatic heterocycles. The summed E-state index contributed by atoms with van der Waals surface area (Å²) < 4.78 is 1.61. The highest BCUT2D eigenvalue weighted by molar-refractivity contribution is 7.12. The summed E-state index contributed by atoms with van der Waals surface area (Å²) in [6, 6.07) is 20.1. The van der Waals surface area contributed by atoms with Crippen molar-refractivity contribution in [2.75, 3.05) is 5.32 Å². The molecule has 2 aliphatic rings. The molecule has 0 bridgehead atoms. The maximum Gasteiger partial charge on any atom is 0.294 e. The first-order valence-corrected chi connectivity index (χ1v) is 13.0. The Hall–Kier alpha value is -3.75. The number of fused-ring (bicyclic) bond motifs is 2. The van der Waals surface area contributed by atoms with Crippen LogP contribution in [0.15, 0.2) is 71.7 Å². The third-order valence-corrected chi connectivity index (χ3v) is 8.02. The van der Waals surface area contributed by atoms with Gasteiger partial charge in [0.25, 0.3) is 5.56 Å². The van der Waals surface area contributed by atoms with Crippen LogP contribution in [0.5, 0.6) is 0 Å². The summed E-state index contributed by atoms with van der Waals surface area (Å²) in [6.07, 6.45) is 2.99. The maximum atomic E-state index is 13.3. The SMILES string of the molecule is O=C(NCc1cc2c(s1)CNC2)[C@@H]1CCc2cnc(NCc3cccc(-c4ccccc4)c3)c(=O)n21. The minimum Gasteiger partial charge on any atom is -0.361 e. The largest absolute Gasteiger partial charge is 0.361 e. The van der Waals surface area contributed by atoms with Crippen LogP contribution in [-0.2, 0) is 37.4 Å². The molecule has 2 aromatic carbocycles. The lowest BCUT2D eigenvalue weighted by Gasteiger charge is -2.16. The van der Waals surface area contributed by atoms with Crippen LogP contribution in [0, 0.1) is 0 Å². The Morgan fingerprint density at radius 2 is 1.92 bits per heavy atom. The average molecular weight is 498 g/mol. The number of thiophene rings is 1. The Balaban J connectivity index is 1.14. The van der Waals surface area contributed by atoms with Crippen molar-refractivity contribution in [3.63, 3.8) is 0 Å². The van der Waals surface area contributed by atoms with Gasteiger partial charge in [-0.15, -0.1) is 11.3 Å². The minimum atomic E-state index is -0.508. The number of carbonyl (C=O) groups is 1. The van der Waals surface area contributed by atoms with E-state index in [4.69, 9.17) is 0 Å². The molecule has 4 aromatic rings. The van der Waals surface area contributed by atoms with Gasteiger partial charge in [0.1, 0.15) is 6.04 Å². The summed E-state index contributed by atoms with van der Waals surface area (Å²) in [7, 11) is 0. The maximum absolute atomic E-state index is 13.3. The smallest absolute Gasteiger partial charge is 0.294 e. The number of nitrogens with one attached hydrogen (secondary N) is 3. The van der Waals surface area contributed by atoms with E-state index >= 15 is 0 Å². The fourth-order valence-electron chi connectivity index (χ4n) is 5.01. The second-order valence-corrected chi connectivity index (χ2v) is 10.5. The van der Waals surface area contributed by atoms with Gasteiger partial charge < -0.3 is 16.0 Å². The van der Waals surface area contributed by atoms with Gasteiger partial charge in [-0.2, -0.15) is 0 Å². The van der Waals surface area contributed by atoms with E-state index in [1.165, 1.54) is 10.4 Å². The number of hydrogen-bond donors (Lipinski definition) is 3. The summed E-state index contributed by atoms with van der Waals surface area (Å²) in [5.41, 5.74) is 5.20. The molecule has 0 fully saturated rings. The number of carbonyl (C=O) groups excluding carboxylic acids is 1. The van der Waals surface area contributed by atoms with Gasteiger partial charge in [0.05, 0.1) is 6.54 Å². The van der Waals surface area contributed by atoms with Gasteiger partial charge in [-0.1, -0.05) is 48.5 Å². The van der Waals surface area contributed by atoms with Crippen LogP contribution in [-0.4, -0.2) is 15.5 Å². The summed E-state index contributed by atoms with van der Waals surface area (Å²) in [4.78, 5) is 33.2. The standard InChI is InChI=1S/C28H27N5O2S/c34-27(32-16-23-12-21-14-29-17-25(21)36-23)24-10-9-22-15-31-26(28(35)33(22)24)30-13-18-5-4-8-20(11-18)19-6-2-1-3-7-19/h1-8,11-12,15,24,29H,9-10,13-14,16-17H2,(H,30,31)(H,32,34)/t24-/m0/s1. The molecular weight excluding hydrogens is 470 g/mol. The molecule has 1 amide bonds. The third-order valence-electron chi connectivity index (χ3n) is 6.84. The first-order chi connectivity index (χ1) is 17.7. The summed E-state index contributed by atoms with van der Waals surface area (Å²) in [5, 5.41) is 9.57. The van der Waals surface area contributed by atoms with Crippen LogP contribution in [0.25, 0.3) is 11.1 Å². The molecule has 1 atom stereocenters. The number of benzene rings is 2. The topological polar surface area (TPSA) is 88.1 Å². The van der Waals surface area contributed by atoms with E-state index in [1.807, 2.05) is 30.3 Å². The normalized spacial score (nSPS) is 15.9. The van der Waals surface area contributed by atoms with Crippen LogP contribution in [0.3, 0.4) is 0 Å². The van der Waals surface area contributed by atoms with E-state index in [0.717, 1.165) is 40.4 Å². The molecule has 3 N–H and O–H groups in total. The second kappa shape index (κ2) is 9.72. The predicted molar refractivity (Wildman–Crippen MR) is 142 cm³/mol. The van der Waals surface area contributed by atoms with Crippen LogP contribution in [0.1, 0.15) is 39.0 Å². The molecule has 2 aliphatic heterocycles. The summed E-state index contributed by atoms with van der Waals surface area (Å²) >= 11 is 1.74. The van der Waals surface area contributed by atoms with Crippen molar-refractivity contribution in [1.29, 1.82) is 0 Å². The number of aromatic nitrogens is 2. The van der Waals surface area contributed by atoms with Crippen molar-refractivity contribution in [3.05, 3.63) is 104 Å². The first kappa shape index (κ1) is 22.7. The number of rotatable bonds is 7. The highest BCUT2D eigenvalue weighted by atomic mass is 32.1. The lowest BCUT2D eigenvalue weighted by molar-refractivity contribution is -0.124. The molecule has 182 valence electrons. The molecule has 4 heterocycles. The summed E-state index contributed by atoms with van der Waals surface area (Å²) in [5.74, 6) is 0.154. The van der Waals surface area contributed by atoms with E-state index in [-0.39, 0.29) is 17.3 Å².